The van der Waals surface area contributed by atoms with E-state index < -0.39 is 0 Å². The molecule has 0 aromatic heterocycles. The molecule has 0 radical (unpaired) electrons. The third-order valence-corrected chi connectivity index (χ3v) is 2.46. The lowest BCUT2D eigenvalue weighted by Crippen LogP contribution is -2.30. The predicted octanol–water partition coefficient (Wildman–Crippen LogP) is 1.49. The summed E-state index contributed by atoms with van der Waals surface area (Å²) in [6.45, 7) is 3.03. The highest BCUT2D eigenvalue weighted by Crippen LogP contribution is 2.24. The zero-order valence-corrected chi connectivity index (χ0v) is 10.6. The molecular weight excluding hydrogens is 240 g/mol. The Morgan fingerprint density at radius 3 is 3.00 bits per heavy atom. The van der Waals surface area contributed by atoms with Crippen molar-refractivity contribution >= 4 is 17.5 Å². The topological polar surface area (TPSA) is 64.3 Å². The minimum atomic E-state index is -0.170. The van der Waals surface area contributed by atoms with Crippen LogP contribution in [0.3, 0.4) is 0 Å². The van der Waals surface area contributed by atoms with Crippen molar-refractivity contribution in [3.63, 3.8) is 0 Å². The minimum Gasteiger partial charge on any atom is -0.482 e. The van der Waals surface area contributed by atoms with E-state index in [1.807, 2.05) is 13.0 Å². The molecule has 0 bridgehead atoms. The quantitative estimate of drug-likeness (QED) is 0.758. The molecule has 4 nitrogen and oxygen atoms in total. The van der Waals surface area contributed by atoms with Gasteiger partial charge in [0.2, 0.25) is 0 Å². The molecule has 0 fully saturated rings. The van der Waals surface area contributed by atoms with Crippen LogP contribution in [0.2, 0.25) is 5.02 Å². The number of rotatable bonds is 6. The number of benzene rings is 1. The smallest absolute Gasteiger partial charge is 0.257 e. The maximum Gasteiger partial charge on any atom is 0.257 e. The highest BCUT2D eigenvalue weighted by atomic mass is 35.5. The number of amides is 1. The van der Waals surface area contributed by atoms with E-state index in [0.29, 0.717) is 23.9 Å². The second-order valence-electron chi connectivity index (χ2n) is 3.71. The van der Waals surface area contributed by atoms with Gasteiger partial charge in [0.05, 0.1) is 5.02 Å². The number of halogens is 1. The van der Waals surface area contributed by atoms with Gasteiger partial charge in [0.15, 0.2) is 6.61 Å². The molecule has 0 unspecified atom stereocenters. The zero-order chi connectivity index (χ0) is 12.7. The van der Waals surface area contributed by atoms with Gasteiger partial charge in [-0.1, -0.05) is 17.7 Å². The molecule has 0 saturated heterocycles. The van der Waals surface area contributed by atoms with Gasteiger partial charge >= 0.3 is 0 Å². The molecule has 0 spiro atoms. The van der Waals surface area contributed by atoms with Gasteiger partial charge in [0.25, 0.3) is 5.91 Å². The molecule has 17 heavy (non-hydrogen) atoms. The van der Waals surface area contributed by atoms with E-state index in [0.717, 1.165) is 12.0 Å². The monoisotopic (exact) mass is 256 g/mol. The van der Waals surface area contributed by atoms with Crippen molar-refractivity contribution in [2.75, 3.05) is 19.7 Å². The molecule has 0 atom stereocenters. The fourth-order valence-corrected chi connectivity index (χ4v) is 1.42. The summed E-state index contributed by atoms with van der Waals surface area (Å²) in [7, 11) is 0. The number of nitrogens with two attached hydrogens (primary N) is 1. The Bertz CT molecular complexity index is 383. The van der Waals surface area contributed by atoms with Crippen molar-refractivity contribution in [3.05, 3.63) is 28.8 Å². The van der Waals surface area contributed by atoms with E-state index in [9.17, 15) is 4.79 Å². The first kappa shape index (κ1) is 13.8. The Kier molecular flexibility index (Phi) is 5.80. The Labute approximate surface area is 106 Å². The number of carbonyl (C=O) groups is 1. The molecule has 0 aliphatic carbocycles. The van der Waals surface area contributed by atoms with Gasteiger partial charge in [-0.05, 0) is 37.6 Å². The van der Waals surface area contributed by atoms with Gasteiger partial charge in [0.1, 0.15) is 5.75 Å². The van der Waals surface area contributed by atoms with Crippen LogP contribution in [0.4, 0.5) is 0 Å². The first-order chi connectivity index (χ1) is 8.13. The van der Waals surface area contributed by atoms with E-state index in [-0.39, 0.29) is 12.5 Å². The Morgan fingerprint density at radius 2 is 2.29 bits per heavy atom. The molecule has 3 N–H and O–H groups in total. The summed E-state index contributed by atoms with van der Waals surface area (Å²) in [6.07, 6.45) is 0.761. The molecular formula is C12H17ClN2O2. The highest BCUT2D eigenvalue weighted by molar-refractivity contribution is 6.32. The maximum absolute atomic E-state index is 11.4. The molecule has 0 heterocycles. The number of aryl methyl sites for hydroxylation is 1. The van der Waals surface area contributed by atoms with Crippen LogP contribution in [0, 0.1) is 6.92 Å². The SMILES string of the molecule is Cc1ccc(Cl)c(OCC(=O)NCCCN)c1. The van der Waals surface area contributed by atoms with Gasteiger partial charge in [-0.2, -0.15) is 0 Å². The summed E-state index contributed by atoms with van der Waals surface area (Å²) >= 11 is 5.93. The van der Waals surface area contributed by atoms with Gasteiger partial charge in [0, 0.05) is 6.54 Å². The number of nitrogens with one attached hydrogen (secondary N) is 1. The van der Waals surface area contributed by atoms with E-state index in [1.165, 1.54) is 0 Å². The van der Waals surface area contributed by atoms with E-state index in [4.69, 9.17) is 22.1 Å². The van der Waals surface area contributed by atoms with Crippen LogP contribution in [0.5, 0.6) is 5.75 Å². The second-order valence-corrected chi connectivity index (χ2v) is 4.12. The van der Waals surface area contributed by atoms with Gasteiger partial charge in [-0.25, -0.2) is 0 Å². The number of carbonyl (C=O) groups excluding carboxylic acids is 1. The van der Waals surface area contributed by atoms with Crippen molar-refractivity contribution in [2.24, 2.45) is 5.73 Å². The van der Waals surface area contributed by atoms with Crippen molar-refractivity contribution in [1.29, 1.82) is 0 Å². The number of hydrogen-bond donors (Lipinski definition) is 2. The van der Waals surface area contributed by atoms with Gasteiger partial charge < -0.3 is 15.8 Å². The summed E-state index contributed by atoms with van der Waals surface area (Å²) in [6, 6.07) is 5.44. The minimum absolute atomic E-state index is 0.0340. The lowest BCUT2D eigenvalue weighted by molar-refractivity contribution is -0.123. The summed E-state index contributed by atoms with van der Waals surface area (Å²) in [5.74, 6) is 0.358. The molecule has 0 aliphatic rings. The number of hydrogen-bond acceptors (Lipinski definition) is 3. The van der Waals surface area contributed by atoms with Crippen LogP contribution in [0.1, 0.15) is 12.0 Å². The normalized spacial score (nSPS) is 10.1. The van der Waals surface area contributed by atoms with Crippen molar-refractivity contribution in [1.82, 2.24) is 5.32 Å². The van der Waals surface area contributed by atoms with Crippen LogP contribution in [-0.2, 0) is 4.79 Å². The standard InChI is InChI=1S/C12H17ClN2O2/c1-9-3-4-10(13)11(7-9)17-8-12(16)15-6-2-5-14/h3-4,7H,2,5-6,8,14H2,1H3,(H,15,16). The van der Waals surface area contributed by atoms with E-state index in [1.54, 1.807) is 12.1 Å². The summed E-state index contributed by atoms with van der Waals surface area (Å²) in [5, 5.41) is 3.21. The van der Waals surface area contributed by atoms with Gasteiger partial charge in [-0.3, -0.25) is 4.79 Å². The summed E-state index contributed by atoms with van der Waals surface area (Å²) in [4.78, 5) is 11.4. The average molecular weight is 257 g/mol. The first-order valence-corrected chi connectivity index (χ1v) is 5.87. The molecule has 0 saturated carbocycles. The third kappa shape index (κ3) is 5.06. The predicted molar refractivity (Wildman–Crippen MR) is 68.4 cm³/mol. The molecule has 0 aliphatic heterocycles. The van der Waals surface area contributed by atoms with Crippen LogP contribution >= 0.6 is 11.6 Å². The lowest BCUT2D eigenvalue weighted by atomic mass is 10.2. The van der Waals surface area contributed by atoms with Crippen molar-refractivity contribution in [2.45, 2.75) is 13.3 Å². The largest absolute Gasteiger partial charge is 0.482 e. The van der Waals surface area contributed by atoms with Crippen LogP contribution in [-0.4, -0.2) is 25.6 Å². The Balaban J connectivity index is 2.39. The molecule has 1 aromatic rings. The highest BCUT2D eigenvalue weighted by Gasteiger charge is 2.05. The summed E-state index contributed by atoms with van der Waals surface area (Å²) in [5.41, 5.74) is 6.35. The second kappa shape index (κ2) is 7.14. The molecule has 1 rings (SSSR count). The number of ether oxygens (including phenoxy) is 1. The van der Waals surface area contributed by atoms with Crippen molar-refractivity contribution < 1.29 is 9.53 Å². The summed E-state index contributed by atoms with van der Waals surface area (Å²) < 4.78 is 5.33. The average Bonchev–Trinajstić information content (AvgIpc) is 2.31. The van der Waals surface area contributed by atoms with Crippen molar-refractivity contribution in [3.8, 4) is 5.75 Å². The molecule has 1 aromatic carbocycles. The van der Waals surface area contributed by atoms with E-state index in [2.05, 4.69) is 5.32 Å². The third-order valence-electron chi connectivity index (χ3n) is 2.15. The molecule has 1 amide bonds. The van der Waals surface area contributed by atoms with Crippen LogP contribution in [0.25, 0.3) is 0 Å². The zero-order valence-electron chi connectivity index (χ0n) is 9.83. The van der Waals surface area contributed by atoms with Crippen LogP contribution < -0.4 is 15.8 Å². The van der Waals surface area contributed by atoms with E-state index >= 15 is 0 Å². The maximum atomic E-state index is 11.4. The first-order valence-electron chi connectivity index (χ1n) is 5.49. The van der Waals surface area contributed by atoms with Crippen LogP contribution in [0.15, 0.2) is 18.2 Å². The molecule has 94 valence electrons. The lowest BCUT2D eigenvalue weighted by Gasteiger charge is -2.09. The fourth-order valence-electron chi connectivity index (χ4n) is 1.25. The Morgan fingerprint density at radius 1 is 1.53 bits per heavy atom. The Hall–Kier alpha value is -1.26. The fraction of sp³-hybridized carbons (Fsp3) is 0.417. The van der Waals surface area contributed by atoms with Gasteiger partial charge in [-0.15, -0.1) is 0 Å². The molecule has 5 heteroatoms.